The second-order valence-corrected chi connectivity index (χ2v) is 7.55. The predicted octanol–water partition coefficient (Wildman–Crippen LogP) is 2.92. The lowest BCUT2D eigenvalue weighted by Gasteiger charge is -2.24. The molecule has 2 atom stereocenters. The molecule has 27 heavy (non-hydrogen) atoms. The van der Waals surface area contributed by atoms with Gasteiger partial charge in [0.15, 0.2) is 23.0 Å². The number of fused-ring (bicyclic) bond motifs is 2. The van der Waals surface area contributed by atoms with E-state index < -0.39 is 0 Å². The van der Waals surface area contributed by atoms with Gasteiger partial charge in [-0.05, 0) is 55.8 Å². The van der Waals surface area contributed by atoms with Gasteiger partial charge in [-0.3, -0.25) is 0 Å². The highest BCUT2D eigenvalue weighted by Crippen LogP contribution is 2.39. The van der Waals surface area contributed by atoms with Crippen LogP contribution in [0.3, 0.4) is 0 Å². The molecule has 2 aromatic rings. The Balaban J connectivity index is 1.49. The molecule has 0 spiro atoms. The van der Waals surface area contributed by atoms with Crippen molar-refractivity contribution in [3.05, 3.63) is 47.5 Å². The van der Waals surface area contributed by atoms with Crippen LogP contribution in [0, 0.1) is 0 Å². The van der Waals surface area contributed by atoms with Crippen LogP contribution < -0.4 is 24.3 Å². The molecule has 142 valence electrons. The second-order valence-electron chi connectivity index (χ2n) is 7.55. The molecule has 5 rings (SSSR count). The first kappa shape index (κ1) is 16.7. The van der Waals surface area contributed by atoms with Crippen molar-refractivity contribution in [2.45, 2.75) is 31.5 Å². The van der Waals surface area contributed by atoms with Crippen LogP contribution in [0.4, 0.5) is 0 Å². The average Bonchev–Trinajstić information content (AvgIpc) is 3.39. The number of likely N-dealkylation sites (tertiary alicyclic amines) is 1. The van der Waals surface area contributed by atoms with Gasteiger partial charge in [0.05, 0.1) is 6.04 Å². The summed E-state index contributed by atoms with van der Waals surface area (Å²) >= 11 is 0. The topological polar surface area (TPSA) is 52.2 Å². The van der Waals surface area contributed by atoms with Gasteiger partial charge in [-0.1, -0.05) is 12.1 Å². The predicted molar refractivity (Wildman–Crippen MR) is 101 cm³/mol. The second kappa shape index (κ2) is 6.62. The Kier molecular flexibility index (Phi) is 4.10. The van der Waals surface area contributed by atoms with E-state index in [2.05, 4.69) is 48.5 Å². The lowest BCUT2D eigenvalue weighted by Crippen LogP contribution is -2.35. The molecule has 0 aromatic heterocycles. The van der Waals surface area contributed by atoms with Crippen molar-refractivity contribution in [1.82, 2.24) is 10.2 Å². The maximum atomic E-state index is 5.60. The zero-order valence-electron chi connectivity index (χ0n) is 15.6. The smallest absolute Gasteiger partial charge is 0.231 e. The molecule has 0 saturated carbocycles. The summed E-state index contributed by atoms with van der Waals surface area (Å²) < 4.78 is 22.2. The first-order valence-corrected chi connectivity index (χ1v) is 9.43. The molecule has 0 aliphatic carbocycles. The van der Waals surface area contributed by atoms with E-state index in [1.165, 1.54) is 0 Å². The maximum Gasteiger partial charge on any atom is 0.231 e. The lowest BCUT2D eigenvalue weighted by molar-refractivity contribution is 0.173. The normalized spacial score (nSPS) is 23.4. The lowest BCUT2D eigenvalue weighted by atomic mass is 9.96. The van der Waals surface area contributed by atoms with Crippen LogP contribution >= 0.6 is 0 Å². The highest BCUT2D eigenvalue weighted by atomic mass is 16.7. The Morgan fingerprint density at radius 3 is 1.96 bits per heavy atom. The molecule has 0 bridgehead atoms. The van der Waals surface area contributed by atoms with E-state index in [4.69, 9.17) is 18.9 Å². The van der Waals surface area contributed by atoms with E-state index >= 15 is 0 Å². The molecule has 3 aliphatic heterocycles. The van der Waals surface area contributed by atoms with Crippen molar-refractivity contribution < 1.29 is 18.9 Å². The highest BCUT2D eigenvalue weighted by molar-refractivity contribution is 5.50. The SMILES string of the molecule is CC1CC(NC(c2ccc3c(c2)OCO3)c2ccc3c(c2)OCO3)CN1C. The van der Waals surface area contributed by atoms with Crippen LogP contribution in [0.5, 0.6) is 23.0 Å². The van der Waals surface area contributed by atoms with Gasteiger partial charge >= 0.3 is 0 Å². The van der Waals surface area contributed by atoms with Crippen molar-refractivity contribution in [2.24, 2.45) is 0 Å². The standard InChI is InChI=1S/C21H24N2O4/c1-13-7-16(10-23(13)2)22-21(14-3-5-17-19(8-14)26-11-24-17)15-4-6-18-20(9-15)27-12-25-18/h3-6,8-9,13,16,21-22H,7,10-12H2,1-2H3. The molecule has 1 saturated heterocycles. The minimum atomic E-state index is 0.0395. The van der Waals surface area contributed by atoms with E-state index in [0.29, 0.717) is 12.1 Å². The zero-order chi connectivity index (χ0) is 18.4. The number of rotatable bonds is 4. The summed E-state index contributed by atoms with van der Waals surface area (Å²) in [5.74, 6) is 3.21. The van der Waals surface area contributed by atoms with Gasteiger partial charge in [-0.15, -0.1) is 0 Å². The molecular weight excluding hydrogens is 344 g/mol. The van der Waals surface area contributed by atoms with Crippen LogP contribution in [0.15, 0.2) is 36.4 Å². The molecule has 3 aliphatic rings. The summed E-state index contributed by atoms with van der Waals surface area (Å²) in [5.41, 5.74) is 2.31. The van der Waals surface area contributed by atoms with Gasteiger partial charge in [0.25, 0.3) is 0 Å². The zero-order valence-corrected chi connectivity index (χ0v) is 15.6. The average molecular weight is 368 g/mol. The van der Waals surface area contributed by atoms with E-state index in [1.54, 1.807) is 0 Å². The molecule has 1 fully saturated rings. The van der Waals surface area contributed by atoms with Crippen molar-refractivity contribution in [1.29, 1.82) is 0 Å². The van der Waals surface area contributed by atoms with Crippen molar-refractivity contribution >= 4 is 0 Å². The summed E-state index contributed by atoms with van der Waals surface area (Å²) in [6.07, 6.45) is 1.13. The van der Waals surface area contributed by atoms with Crippen LogP contribution in [0.1, 0.15) is 30.5 Å². The number of nitrogens with one attached hydrogen (secondary N) is 1. The third kappa shape index (κ3) is 3.09. The molecule has 2 aromatic carbocycles. The van der Waals surface area contributed by atoms with E-state index in [9.17, 15) is 0 Å². The quantitative estimate of drug-likeness (QED) is 0.896. The summed E-state index contributed by atoms with van der Waals surface area (Å²) in [6.45, 7) is 3.88. The summed E-state index contributed by atoms with van der Waals surface area (Å²) in [6, 6.07) is 13.4. The number of nitrogens with zero attached hydrogens (tertiary/aromatic N) is 1. The molecule has 2 unspecified atom stereocenters. The molecule has 0 amide bonds. The Bertz CT molecular complexity index is 789. The minimum absolute atomic E-state index is 0.0395. The fraction of sp³-hybridized carbons (Fsp3) is 0.429. The summed E-state index contributed by atoms with van der Waals surface area (Å²) in [4.78, 5) is 2.40. The molecule has 1 N–H and O–H groups in total. The molecule has 0 radical (unpaired) electrons. The van der Waals surface area contributed by atoms with Crippen molar-refractivity contribution in [3.8, 4) is 23.0 Å². The fourth-order valence-electron chi connectivity index (χ4n) is 4.12. The van der Waals surface area contributed by atoms with Crippen molar-refractivity contribution in [2.75, 3.05) is 27.2 Å². The molecule has 6 heteroatoms. The van der Waals surface area contributed by atoms with Gasteiger partial charge < -0.3 is 29.2 Å². The first-order chi connectivity index (χ1) is 13.2. The van der Waals surface area contributed by atoms with Gasteiger partial charge in [-0.25, -0.2) is 0 Å². The van der Waals surface area contributed by atoms with Crippen LogP contribution in [-0.2, 0) is 0 Å². The number of hydrogen-bond donors (Lipinski definition) is 1. The summed E-state index contributed by atoms with van der Waals surface area (Å²) in [5, 5.41) is 3.86. The van der Waals surface area contributed by atoms with Crippen LogP contribution in [-0.4, -0.2) is 44.2 Å². The molecule has 6 nitrogen and oxygen atoms in total. The monoisotopic (exact) mass is 368 g/mol. The number of benzene rings is 2. The summed E-state index contributed by atoms with van der Waals surface area (Å²) in [7, 11) is 2.18. The van der Waals surface area contributed by atoms with Crippen LogP contribution in [0.25, 0.3) is 0 Å². The third-order valence-electron chi connectivity index (χ3n) is 5.75. The molecular formula is C21H24N2O4. The highest BCUT2D eigenvalue weighted by Gasteiger charge is 2.30. The van der Waals surface area contributed by atoms with Crippen LogP contribution in [0.2, 0.25) is 0 Å². The van der Waals surface area contributed by atoms with Gasteiger partial charge in [0.1, 0.15) is 0 Å². The third-order valence-corrected chi connectivity index (χ3v) is 5.75. The van der Waals surface area contributed by atoms with E-state index in [0.717, 1.165) is 47.1 Å². The molecule has 3 heterocycles. The largest absolute Gasteiger partial charge is 0.454 e. The fourth-order valence-corrected chi connectivity index (χ4v) is 4.12. The van der Waals surface area contributed by atoms with Gasteiger partial charge in [0.2, 0.25) is 13.6 Å². The Hall–Kier alpha value is -2.44. The maximum absolute atomic E-state index is 5.60. The Morgan fingerprint density at radius 2 is 1.44 bits per heavy atom. The number of ether oxygens (including phenoxy) is 4. The number of hydrogen-bond acceptors (Lipinski definition) is 6. The minimum Gasteiger partial charge on any atom is -0.454 e. The van der Waals surface area contributed by atoms with E-state index in [-0.39, 0.29) is 19.6 Å². The Labute approximate surface area is 159 Å². The van der Waals surface area contributed by atoms with Crippen molar-refractivity contribution in [3.63, 3.8) is 0 Å². The van der Waals surface area contributed by atoms with Gasteiger partial charge in [-0.2, -0.15) is 0 Å². The van der Waals surface area contributed by atoms with E-state index in [1.807, 2.05) is 12.1 Å². The first-order valence-electron chi connectivity index (χ1n) is 9.43. The van der Waals surface area contributed by atoms with Gasteiger partial charge in [0, 0.05) is 18.6 Å². The Morgan fingerprint density at radius 1 is 0.889 bits per heavy atom. The number of likely N-dealkylation sites (N-methyl/N-ethyl adjacent to an activating group) is 1.